The van der Waals surface area contributed by atoms with Crippen LogP contribution in [0.3, 0.4) is 0 Å². The van der Waals surface area contributed by atoms with Crippen molar-refractivity contribution in [3.63, 3.8) is 0 Å². The summed E-state index contributed by atoms with van der Waals surface area (Å²) in [5.41, 5.74) is 0.117. The number of benzene rings is 1. The van der Waals surface area contributed by atoms with Gasteiger partial charge in [0, 0.05) is 0 Å². The summed E-state index contributed by atoms with van der Waals surface area (Å²) in [4.78, 5) is 0. The Labute approximate surface area is 180 Å². The SMILES string of the molecule is C[C@H](O)C(OCc1ccccc1)(C1SCCCS1)[C@@H](O)CC1SCCCS1. The standard InChI is InChI=1S/C20H30O3S4/c1-15(21)20(19-26-11-6-12-27-19,23-14-16-7-3-2-4-8-16)17(22)13-18-24-9-5-10-25-18/h2-4,7-8,15,17-19,21-22H,5-6,9-14H2,1H3/t15-,17-,20?/m0/s1. The molecule has 7 heteroatoms. The lowest BCUT2D eigenvalue weighted by Crippen LogP contribution is -2.60. The van der Waals surface area contributed by atoms with Crippen molar-refractivity contribution < 1.29 is 14.9 Å². The highest BCUT2D eigenvalue weighted by Gasteiger charge is 2.52. The molecule has 152 valence electrons. The Morgan fingerprint density at radius 2 is 1.59 bits per heavy atom. The van der Waals surface area contributed by atoms with Gasteiger partial charge in [0.15, 0.2) is 0 Å². The first kappa shape index (κ1) is 22.2. The maximum Gasteiger partial charge on any atom is 0.141 e. The van der Waals surface area contributed by atoms with E-state index in [4.69, 9.17) is 4.74 Å². The molecule has 0 aliphatic carbocycles. The van der Waals surface area contributed by atoms with Gasteiger partial charge in [-0.15, -0.1) is 47.0 Å². The molecule has 0 spiro atoms. The minimum absolute atomic E-state index is 0.0450. The highest BCUT2D eigenvalue weighted by atomic mass is 32.2. The van der Waals surface area contributed by atoms with Crippen molar-refractivity contribution in [2.45, 2.75) is 59.8 Å². The molecule has 27 heavy (non-hydrogen) atoms. The minimum Gasteiger partial charge on any atom is -0.390 e. The smallest absolute Gasteiger partial charge is 0.141 e. The fourth-order valence-corrected chi connectivity index (χ4v) is 9.98. The second-order valence-corrected chi connectivity index (χ2v) is 12.7. The number of rotatable bonds is 8. The third-order valence-electron chi connectivity index (χ3n) is 5.01. The average molecular weight is 447 g/mol. The molecule has 1 unspecified atom stereocenters. The van der Waals surface area contributed by atoms with E-state index in [1.165, 1.54) is 12.8 Å². The Kier molecular flexibility index (Phi) is 9.08. The molecule has 0 radical (unpaired) electrons. The van der Waals surface area contributed by atoms with Crippen LogP contribution in [-0.2, 0) is 11.3 Å². The maximum absolute atomic E-state index is 11.4. The van der Waals surface area contributed by atoms with E-state index in [0.717, 1.165) is 28.6 Å². The van der Waals surface area contributed by atoms with E-state index >= 15 is 0 Å². The number of aliphatic hydroxyl groups excluding tert-OH is 2. The summed E-state index contributed by atoms with van der Waals surface area (Å²) in [6.45, 7) is 2.19. The molecule has 2 N–H and O–H groups in total. The van der Waals surface area contributed by atoms with E-state index in [2.05, 4.69) is 0 Å². The van der Waals surface area contributed by atoms with Crippen molar-refractivity contribution >= 4 is 47.0 Å². The predicted molar refractivity (Wildman–Crippen MR) is 123 cm³/mol. The molecule has 0 aromatic heterocycles. The van der Waals surface area contributed by atoms with Crippen LogP contribution in [0.15, 0.2) is 30.3 Å². The van der Waals surface area contributed by atoms with Gasteiger partial charge in [0.1, 0.15) is 5.60 Å². The molecular formula is C20H30O3S4. The molecule has 1 aromatic rings. The van der Waals surface area contributed by atoms with Crippen molar-refractivity contribution in [1.29, 1.82) is 0 Å². The van der Waals surface area contributed by atoms with E-state index in [1.807, 2.05) is 77.4 Å². The highest BCUT2D eigenvalue weighted by Crippen LogP contribution is 2.46. The average Bonchev–Trinajstić information content (AvgIpc) is 2.70. The van der Waals surface area contributed by atoms with E-state index in [9.17, 15) is 10.2 Å². The number of hydrogen-bond acceptors (Lipinski definition) is 7. The number of hydrogen-bond donors (Lipinski definition) is 2. The predicted octanol–water partition coefficient (Wildman–Crippen LogP) is 4.47. The normalized spacial score (nSPS) is 24.3. The van der Waals surface area contributed by atoms with Crippen molar-refractivity contribution in [1.82, 2.24) is 0 Å². The molecule has 2 fully saturated rings. The summed E-state index contributed by atoms with van der Waals surface area (Å²) >= 11 is 7.52. The Bertz CT molecular complexity index is 547. The van der Waals surface area contributed by atoms with E-state index in [-0.39, 0.29) is 4.58 Å². The molecule has 3 nitrogen and oxygen atoms in total. The fourth-order valence-electron chi connectivity index (χ4n) is 3.49. The summed E-state index contributed by atoms with van der Waals surface area (Å²) in [7, 11) is 0. The summed E-state index contributed by atoms with van der Waals surface area (Å²) in [5.74, 6) is 4.43. The van der Waals surface area contributed by atoms with Gasteiger partial charge in [0.2, 0.25) is 0 Å². The fraction of sp³-hybridized carbons (Fsp3) is 0.700. The van der Waals surface area contributed by atoms with Crippen LogP contribution in [0.4, 0.5) is 0 Å². The monoisotopic (exact) mass is 446 g/mol. The van der Waals surface area contributed by atoms with E-state index in [0.29, 0.717) is 17.6 Å². The Morgan fingerprint density at radius 3 is 2.19 bits per heavy atom. The van der Waals surface area contributed by atoms with Crippen molar-refractivity contribution in [2.75, 3.05) is 23.0 Å². The molecule has 0 saturated carbocycles. The van der Waals surface area contributed by atoms with Crippen LogP contribution in [-0.4, -0.2) is 60.2 Å². The number of thioether (sulfide) groups is 4. The van der Waals surface area contributed by atoms with E-state index in [1.54, 1.807) is 6.92 Å². The van der Waals surface area contributed by atoms with Gasteiger partial charge in [-0.2, -0.15) is 0 Å². The zero-order valence-electron chi connectivity index (χ0n) is 15.8. The summed E-state index contributed by atoms with van der Waals surface area (Å²) in [5, 5.41) is 22.2. The Balaban J connectivity index is 1.80. The summed E-state index contributed by atoms with van der Waals surface area (Å²) < 4.78 is 6.89. The lowest BCUT2D eigenvalue weighted by atomic mass is 9.90. The zero-order chi connectivity index (χ0) is 19.1. The second kappa shape index (κ2) is 11.0. The molecule has 1 aromatic carbocycles. The molecular weight excluding hydrogens is 416 g/mol. The van der Waals surface area contributed by atoms with Gasteiger partial charge in [0.25, 0.3) is 0 Å². The first-order valence-corrected chi connectivity index (χ1v) is 13.8. The van der Waals surface area contributed by atoms with Crippen LogP contribution in [0.2, 0.25) is 0 Å². The molecule has 2 aliphatic rings. The van der Waals surface area contributed by atoms with Crippen molar-refractivity contribution in [3.8, 4) is 0 Å². The van der Waals surface area contributed by atoms with Gasteiger partial charge >= 0.3 is 0 Å². The summed E-state index contributed by atoms with van der Waals surface area (Å²) in [6, 6.07) is 10.1. The minimum atomic E-state index is -0.954. The van der Waals surface area contributed by atoms with Gasteiger partial charge in [-0.1, -0.05) is 30.3 Å². The summed E-state index contributed by atoms with van der Waals surface area (Å²) in [6.07, 6.45) is 1.64. The van der Waals surface area contributed by atoms with Crippen LogP contribution in [0.1, 0.15) is 31.7 Å². The largest absolute Gasteiger partial charge is 0.390 e. The molecule has 3 rings (SSSR count). The lowest BCUT2D eigenvalue weighted by Gasteiger charge is -2.47. The first-order chi connectivity index (χ1) is 13.1. The van der Waals surface area contributed by atoms with Gasteiger partial charge in [-0.25, -0.2) is 0 Å². The quantitative estimate of drug-likeness (QED) is 0.611. The van der Waals surface area contributed by atoms with Crippen LogP contribution >= 0.6 is 47.0 Å². The lowest BCUT2D eigenvalue weighted by molar-refractivity contribution is -0.175. The van der Waals surface area contributed by atoms with Crippen LogP contribution in [0.25, 0.3) is 0 Å². The molecule has 2 saturated heterocycles. The maximum atomic E-state index is 11.4. The zero-order valence-corrected chi connectivity index (χ0v) is 19.1. The third kappa shape index (κ3) is 5.77. The Morgan fingerprint density at radius 1 is 1.00 bits per heavy atom. The van der Waals surface area contributed by atoms with Crippen LogP contribution in [0.5, 0.6) is 0 Å². The Hall–Kier alpha value is 0.500. The van der Waals surface area contributed by atoms with Crippen LogP contribution < -0.4 is 0 Å². The molecule has 0 amide bonds. The van der Waals surface area contributed by atoms with Gasteiger partial charge in [0.05, 0.1) is 28.0 Å². The molecule has 2 aliphatic heterocycles. The molecule has 3 atom stereocenters. The highest BCUT2D eigenvalue weighted by molar-refractivity contribution is 8.18. The van der Waals surface area contributed by atoms with E-state index < -0.39 is 17.8 Å². The third-order valence-corrected chi connectivity index (χ3v) is 11.2. The number of ether oxygens (including phenoxy) is 1. The molecule has 0 bridgehead atoms. The van der Waals surface area contributed by atoms with Crippen molar-refractivity contribution in [3.05, 3.63) is 35.9 Å². The number of aliphatic hydroxyl groups is 2. The first-order valence-electron chi connectivity index (χ1n) is 9.63. The topological polar surface area (TPSA) is 49.7 Å². The molecule has 2 heterocycles. The second-order valence-electron chi connectivity index (χ2n) is 7.01. The van der Waals surface area contributed by atoms with Crippen LogP contribution in [0, 0.1) is 0 Å². The van der Waals surface area contributed by atoms with Crippen molar-refractivity contribution in [2.24, 2.45) is 0 Å². The van der Waals surface area contributed by atoms with Gasteiger partial charge in [-0.3, -0.25) is 0 Å². The van der Waals surface area contributed by atoms with Gasteiger partial charge in [-0.05, 0) is 54.8 Å². The van der Waals surface area contributed by atoms with Gasteiger partial charge < -0.3 is 14.9 Å².